The molecule has 1 aliphatic rings. The number of nitrogens with zero attached hydrogens (tertiary/aromatic N) is 3. The molecule has 0 unspecified atom stereocenters. The van der Waals surface area contributed by atoms with Crippen LogP contribution in [0, 0.1) is 0 Å². The van der Waals surface area contributed by atoms with Gasteiger partial charge in [0.1, 0.15) is 10.7 Å². The van der Waals surface area contributed by atoms with Gasteiger partial charge in [-0.1, -0.05) is 47.8 Å². The van der Waals surface area contributed by atoms with Gasteiger partial charge in [0.15, 0.2) is 5.82 Å². The van der Waals surface area contributed by atoms with Gasteiger partial charge in [-0.2, -0.15) is 4.98 Å². The Balaban J connectivity index is 1.65. The first-order valence-electron chi connectivity index (χ1n) is 7.50. The maximum atomic E-state index is 6.37. The van der Waals surface area contributed by atoms with Gasteiger partial charge in [-0.05, 0) is 18.9 Å². The summed E-state index contributed by atoms with van der Waals surface area (Å²) in [5, 5.41) is 7.47. The summed E-state index contributed by atoms with van der Waals surface area (Å²) < 4.78 is 5.38. The van der Waals surface area contributed by atoms with Gasteiger partial charge >= 0.3 is 0 Å². The fourth-order valence-electron chi connectivity index (χ4n) is 2.89. The first-order valence-corrected chi connectivity index (χ1v) is 8.75. The molecule has 0 atom stereocenters. The summed E-state index contributed by atoms with van der Waals surface area (Å²) >= 11 is 7.72. The van der Waals surface area contributed by atoms with E-state index in [2.05, 4.69) is 15.1 Å². The third-order valence-corrected chi connectivity index (χ3v) is 5.40. The van der Waals surface area contributed by atoms with Gasteiger partial charge in [-0.15, -0.1) is 11.3 Å². The standard InChI is InChI=1S/C16H15ClN4OS/c17-11-6-2-1-5-10(11)14-19-12(9-23-14)13-20-15(21-22-13)16(18)7-3-4-8-16/h1-2,5-6,9H,3-4,7-8,18H2. The van der Waals surface area contributed by atoms with Crippen molar-refractivity contribution in [1.82, 2.24) is 15.1 Å². The maximum Gasteiger partial charge on any atom is 0.277 e. The Hall–Kier alpha value is -1.76. The molecule has 7 heteroatoms. The lowest BCUT2D eigenvalue weighted by molar-refractivity contribution is 0.372. The van der Waals surface area contributed by atoms with Crippen LogP contribution >= 0.6 is 22.9 Å². The number of hydrogen-bond acceptors (Lipinski definition) is 6. The van der Waals surface area contributed by atoms with E-state index in [0.717, 1.165) is 36.3 Å². The topological polar surface area (TPSA) is 77.8 Å². The summed E-state index contributed by atoms with van der Waals surface area (Å²) in [5.41, 5.74) is 7.47. The van der Waals surface area contributed by atoms with Crippen LogP contribution in [0.15, 0.2) is 34.2 Å². The maximum absolute atomic E-state index is 6.37. The largest absolute Gasteiger partial charge is 0.332 e. The molecule has 0 aliphatic heterocycles. The molecule has 0 bridgehead atoms. The molecular formula is C16H15ClN4OS. The second-order valence-electron chi connectivity index (χ2n) is 5.80. The van der Waals surface area contributed by atoms with Crippen LogP contribution in [-0.4, -0.2) is 15.1 Å². The zero-order chi connectivity index (χ0) is 15.9. The minimum atomic E-state index is -0.455. The minimum absolute atomic E-state index is 0.409. The van der Waals surface area contributed by atoms with Crippen LogP contribution in [0.2, 0.25) is 5.02 Å². The van der Waals surface area contributed by atoms with Crippen LogP contribution < -0.4 is 5.73 Å². The number of benzene rings is 1. The molecule has 1 aromatic carbocycles. The monoisotopic (exact) mass is 346 g/mol. The van der Waals surface area contributed by atoms with Gasteiger partial charge in [0.2, 0.25) is 0 Å². The molecule has 4 rings (SSSR count). The van der Waals surface area contributed by atoms with E-state index in [1.165, 1.54) is 11.3 Å². The third kappa shape index (κ3) is 2.67. The van der Waals surface area contributed by atoms with Crippen LogP contribution in [0.1, 0.15) is 31.5 Å². The highest BCUT2D eigenvalue weighted by molar-refractivity contribution is 7.13. The van der Waals surface area contributed by atoms with E-state index in [-0.39, 0.29) is 0 Å². The summed E-state index contributed by atoms with van der Waals surface area (Å²) in [4.78, 5) is 9.04. The van der Waals surface area contributed by atoms with Crippen molar-refractivity contribution >= 4 is 22.9 Å². The quantitative estimate of drug-likeness (QED) is 0.767. The Labute approximate surface area is 142 Å². The number of thiazole rings is 1. The van der Waals surface area contributed by atoms with Gasteiger partial charge in [0, 0.05) is 10.9 Å². The smallest absolute Gasteiger partial charge is 0.277 e. The second-order valence-corrected chi connectivity index (χ2v) is 7.07. The third-order valence-electron chi connectivity index (χ3n) is 4.19. The number of aromatic nitrogens is 3. The van der Waals surface area contributed by atoms with Crippen molar-refractivity contribution in [3.63, 3.8) is 0 Å². The zero-order valence-corrected chi connectivity index (χ0v) is 13.9. The molecule has 1 fully saturated rings. The fourth-order valence-corrected chi connectivity index (χ4v) is 4.00. The second kappa shape index (κ2) is 5.70. The fraction of sp³-hybridized carbons (Fsp3) is 0.312. The first-order chi connectivity index (χ1) is 11.2. The zero-order valence-electron chi connectivity index (χ0n) is 12.3. The predicted molar refractivity (Wildman–Crippen MR) is 90.2 cm³/mol. The molecule has 2 N–H and O–H groups in total. The lowest BCUT2D eigenvalue weighted by Gasteiger charge is -2.17. The predicted octanol–water partition coefficient (Wildman–Crippen LogP) is 4.24. The molecule has 2 aromatic heterocycles. The van der Waals surface area contributed by atoms with E-state index in [1.807, 2.05) is 29.6 Å². The van der Waals surface area contributed by atoms with E-state index < -0.39 is 5.54 Å². The van der Waals surface area contributed by atoms with Crippen molar-refractivity contribution in [2.75, 3.05) is 0 Å². The molecule has 2 heterocycles. The Morgan fingerprint density at radius 1 is 1.17 bits per heavy atom. The molecule has 5 nitrogen and oxygen atoms in total. The van der Waals surface area contributed by atoms with Gasteiger partial charge in [-0.25, -0.2) is 4.98 Å². The molecule has 0 amide bonds. The van der Waals surface area contributed by atoms with Gasteiger partial charge in [0.25, 0.3) is 5.89 Å². The molecule has 3 aromatic rings. The molecule has 118 valence electrons. The van der Waals surface area contributed by atoms with Gasteiger partial charge in [0.05, 0.1) is 10.6 Å². The highest BCUT2D eigenvalue weighted by atomic mass is 35.5. The lowest BCUT2D eigenvalue weighted by Crippen LogP contribution is -2.34. The summed E-state index contributed by atoms with van der Waals surface area (Å²) in [7, 11) is 0. The summed E-state index contributed by atoms with van der Waals surface area (Å²) in [5.74, 6) is 0.989. The van der Waals surface area contributed by atoms with E-state index in [0.29, 0.717) is 22.4 Å². The van der Waals surface area contributed by atoms with Crippen molar-refractivity contribution < 1.29 is 4.52 Å². The molecule has 0 radical (unpaired) electrons. The van der Waals surface area contributed by atoms with Crippen molar-refractivity contribution in [3.05, 3.63) is 40.5 Å². The molecule has 0 spiro atoms. The van der Waals surface area contributed by atoms with E-state index in [1.54, 1.807) is 0 Å². The minimum Gasteiger partial charge on any atom is -0.332 e. The van der Waals surface area contributed by atoms with Crippen LogP contribution in [0.25, 0.3) is 22.2 Å². The lowest BCUT2D eigenvalue weighted by atomic mass is 9.99. The van der Waals surface area contributed by atoms with Crippen LogP contribution in [0.3, 0.4) is 0 Å². The Morgan fingerprint density at radius 3 is 2.74 bits per heavy atom. The summed E-state index contributed by atoms with van der Waals surface area (Å²) in [6, 6.07) is 7.62. The highest BCUT2D eigenvalue weighted by Crippen LogP contribution is 2.36. The van der Waals surface area contributed by atoms with Crippen LogP contribution in [-0.2, 0) is 5.54 Å². The van der Waals surface area contributed by atoms with Crippen molar-refractivity contribution in [3.8, 4) is 22.2 Å². The molecule has 0 saturated heterocycles. The Bertz CT molecular complexity index is 838. The Morgan fingerprint density at radius 2 is 1.96 bits per heavy atom. The van der Waals surface area contributed by atoms with Crippen LogP contribution in [0.5, 0.6) is 0 Å². The van der Waals surface area contributed by atoms with Gasteiger partial charge < -0.3 is 10.3 Å². The number of halogens is 1. The normalized spacial score (nSPS) is 16.8. The number of hydrogen-bond donors (Lipinski definition) is 1. The van der Waals surface area contributed by atoms with Crippen molar-refractivity contribution in [1.29, 1.82) is 0 Å². The van der Waals surface area contributed by atoms with Crippen molar-refractivity contribution in [2.45, 2.75) is 31.2 Å². The van der Waals surface area contributed by atoms with E-state index >= 15 is 0 Å². The first kappa shape index (κ1) is 14.8. The Kier molecular flexibility index (Phi) is 3.67. The van der Waals surface area contributed by atoms with Crippen molar-refractivity contribution in [2.24, 2.45) is 5.73 Å². The highest BCUT2D eigenvalue weighted by Gasteiger charge is 2.36. The number of rotatable bonds is 3. The molecule has 1 saturated carbocycles. The molecule has 1 aliphatic carbocycles. The average Bonchev–Trinajstić information content (AvgIpc) is 3.27. The summed E-state index contributed by atoms with van der Waals surface area (Å²) in [6.07, 6.45) is 4.00. The number of nitrogens with two attached hydrogens (primary N) is 1. The summed E-state index contributed by atoms with van der Waals surface area (Å²) in [6.45, 7) is 0. The van der Waals surface area contributed by atoms with E-state index in [4.69, 9.17) is 21.9 Å². The average molecular weight is 347 g/mol. The molecule has 23 heavy (non-hydrogen) atoms. The molecular weight excluding hydrogens is 332 g/mol. The van der Waals surface area contributed by atoms with E-state index in [9.17, 15) is 0 Å². The SMILES string of the molecule is NC1(c2noc(-c3csc(-c4ccccc4Cl)n3)n2)CCCC1. The van der Waals surface area contributed by atoms with Crippen LogP contribution in [0.4, 0.5) is 0 Å². The van der Waals surface area contributed by atoms with Gasteiger partial charge in [-0.3, -0.25) is 0 Å².